The Balaban J connectivity index is 1.53. The lowest BCUT2D eigenvalue weighted by Gasteiger charge is -2.26. The molecule has 9 heteroatoms. The number of primary amides is 1. The van der Waals surface area contributed by atoms with E-state index >= 15 is 0 Å². The number of nitrogens with one attached hydrogen (secondary N) is 1. The van der Waals surface area contributed by atoms with Gasteiger partial charge < -0.3 is 20.2 Å². The highest BCUT2D eigenvalue weighted by Crippen LogP contribution is 2.27. The standard InChI is InChI=1S/C22H24N4O4S/c1-29-21(28)17-11-14(12-26-7-9-30-10-8-26)5-6-15(17)13-31-22-24-18-4-2-3-16(20(23)27)19(18)25-22/h2-6,11H,7-10,12-13H2,1H3,(H2,23,27)(H,24,25). The highest BCUT2D eigenvalue weighted by Gasteiger charge is 2.17. The van der Waals surface area contributed by atoms with Crippen molar-refractivity contribution in [1.29, 1.82) is 0 Å². The maximum absolute atomic E-state index is 12.4. The van der Waals surface area contributed by atoms with Crippen molar-refractivity contribution in [3.05, 3.63) is 58.7 Å². The molecule has 1 fully saturated rings. The van der Waals surface area contributed by atoms with Crippen molar-refractivity contribution in [2.45, 2.75) is 17.5 Å². The molecule has 2 heterocycles. The molecule has 0 spiro atoms. The fraction of sp³-hybridized carbons (Fsp3) is 0.318. The van der Waals surface area contributed by atoms with Gasteiger partial charge in [0, 0.05) is 25.4 Å². The molecule has 0 aliphatic carbocycles. The summed E-state index contributed by atoms with van der Waals surface area (Å²) in [5.74, 6) is -0.355. The van der Waals surface area contributed by atoms with E-state index in [0.29, 0.717) is 27.6 Å². The molecule has 0 atom stereocenters. The third-order valence-corrected chi connectivity index (χ3v) is 6.13. The van der Waals surface area contributed by atoms with E-state index in [1.165, 1.54) is 18.9 Å². The van der Waals surface area contributed by atoms with Crippen LogP contribution in [-0.4, -0.2) is 60.2 Å². The van der Waals surface area contributed by atoms with Crippen LogP contribution in [0.2, 0.25) is 0 Å². The first-order valence-corrected chi connectivity index (χ1v) is 11.0. The molecule has 2 aromatic carbocycles. The number of morpholine rings is 1. The highest BCUT2D eigenvalue weighted by molar-refractivity contribution is 7.98. The molecule has 1 aliphatic heterocycles. The highest BCUT2D eigenvalue weighted by atomic mass is 32.2. The Kier molecular flexibility index (Phi) is 6.55. The Bertz CT molecular complexity index is 1110. The van der Waals surface area contributed by atoms with E-state index < -0.39 is 5.91 Å². The fourth-order valence-electron chi connectivity index (χ4n) is 3.59. The van der Waals surface area contributed by atoms with E-state index in [-0.39, 0.29) is 5.97 Å². The molecule has 0 unspecified atom stereocenters. The number of carbonyl (C=O) groups excluding carboxylic acids is 2. The third kappa shape index (κ3) is 4.90. The summed E-state index contributed by atoms with van der Waals surface area (Å²) in [5.41, 5.74) is 9.58. The van der Waals surface area contributed by atoms with Crippen LogP contribution in [0.1, 0.15) is 31.8 Å². The SMILES string of the molecule is COC(=O)c1cc(CN2CCOCC2)ccc1CSc1nc2c(C(N)=O)cccc2[nH]1. The quantitative estimate of drug-likeness (QED) is 0.429. The van der Waals surface area contributed by atoms with E-state index in [9.17, 15) is 9.59 Å². The van der Waals surface area contributed by atoms with Gasteiger partial charge in [-0.2, -0.15) is 0 Å². The van der Waals surface area contributed by atoms with Gasteiger partial charge in [0.25, 0.3) is 5.91 Å². The van der Waals surface area contributed by atoms with Crippen molar-refractivity contribution in [2.75, 3.05) is 33.4 Å². The molecule has 1 aliphatic rings. The van der Waals surface area contributed by atoms with E-state index in [1.807, 2.05) is 24.3 Å². The molecule has 162 valence electrons. The molecule has 1 amide bonds. The number of para-hydroxylation sites is 1. The number of rotatable bonds is 7. The second kappa shape index (κ2) is 9.51. The maximum atomic E-state index is 12.4. The second-order valence-corrected chi connectivity index (χ2v) is 8.23. The minimum atomic E-state index is -0.516. The Morgan fingerprint density at radius 2 is 2.03 bits per heavy atom. The Hall–Kier alpha value is -2.88. The molecule has 0 saturated carbocycles. The zero-order valence-electron chi connectivity index (χ0n) is 17.2. The predicted octanol–water partition coefficient (Wildman–Crippen LogP) is 2.57. The average Bonchev–Trinajstić information content (AvgIpc) is 3.21. The molecule has 8 nitrogen and oxygen atoms in total. The number of hydrogen-bond acceptors (Lipinski definition) is 7. The minimum Gasteiger partial charge on any atom is -0.465 e. The summed E-state index contributed by atoms with van der Waals surface area (Å²) in [5, 5.41) is 0.650. The molecule has 1 aromatic heterocycles. The number of nitrogens with zero attached hydrogens (tertiary/aromatic N) is 2. The van der Waals surface area contributed by atoms with E-state index in [0.717, 1.165) is 49.5 Å². The number of aromatic nitrogens is 2. The summed E-state index contributed by atoms with van der Waals surface area (Å²) >= 11 is 1.45. The van der Waals surface area contributed by atoms with Crippen LogP contribution in [0.3, 0.4) is 0 Å². The van der Waals surface area contributed by atoms with Gasteiger partial charge in [-0.1, -0.05) is 30.0 Å². The first-order valence-electron chi connectivity index (χ1n) is 9.96. The van der Waals surface area contributed by atoms with Gasteiger partial charge in [0.2, 0.25) is 0 Å². The second-order valence-electron chi connectivity index (χ2n) is 7.27. The first-order chi connectivity index (χ1) is 15.0. The van der Waals surface area contributed by atoms with Crippen LogP contribution in [0.15, 0.2) is 41.6 Å². The zero-order valence-corrected chi connectivity index (χ0v) is 18.0. The van der Waals surface area contributed by atoms with Gasteiger partial charge in [0.15, 0.2) is 5.16 Å². The van der Waals surface area contributed by atoms with Crippen LogP contribution in [0.4, 0.5) is 0 Å². The molecule has 1 saturated heterocycles. The number of methoxy groups -OCH3 is 1. The Morgan fingerprint density at radius 1 is 1.23 bits per heavy atom. The number of ether oxygens (including phenoxy) is 2. The van der Waals surface area contributed by atoms with Gasteiger partial charge in [-0.05, 0) is 29.3 Å². The lowest BCUT2D eigenvalue weighted by molar-refractivity contribution is 0.0341. The molecule has 0 bridgehead atoms. The number of nitrogens with two attached hydrogens (primary N) is 1. The average molecular weight is 441 g/mol. The predicted molar refractivity (Wildman–Crippen MR) is 118 cm³/mol. The van der Waals surface area contributed by atoms with Crippen LogP contribution >= 0.6 is 11.8 Å². The van der Waals surface area contributed by atoms with Crippen molar-refractivity contribution in [3.8, 4) is 0 Å². The van der Waals surface area contributed by atoms with Crippen LogP contribution < -0.4 is 5.73 Å². The van der Waals surface area contributed by atoms with Crippen molar-refractivity contribution in [3.63, 3.8) is 0 Å². The molecule has 31 heavy (non-hydrogen) atoms. The number of carbonyl (C=O) groups is 2. The van der Waals surface area contributed by atoms with Crippen LogP contribution in [0, 0.1) is 0 Å². The van der Waals surface area contributed by atoms with Gasteiger partial charge in [-0.25, -0.2) is 9.78 Å². The van der Waals surface area contributed by atoms with E-state index in [4.69, 9.17) is 15.2 Å². The summed E-state index contributed by atoms with van der Waals surface area (Å²) in [6, 6.07) is 11.2. The van der Waals surface area contributed by atoms with E-state index in [1.54, 1.807) is 12.1 Å². The van der Waals surface area contributed by atoms with Crippen LogP contribution in [0.5, 0.6) is 0 Å². The molecule has 0 radical (unpaired) electrons. The topological polar surface area (TPSA) is 111 Å². The Labute approximate surface area is 184 Å². The third-order valence-electron chi connectivity index (χ3n) is 5.21. The zero-order chi connectivity index (χ0) is 21.8. The van der Waals surface area contributed by atoms with Gasteiger partial charge in [0.05, 0.1) is 37.0 Å². The van der Waals surface area contributed by atoms with Crippen LogP contribution in [0.25, 0.3) is 11.0 Å². The number of hydrogen-bond donors (Lipinski definition) is 2. The number of thioether (sulfide) groups is 1. The van der Waals surface area contributed by atoms with E-state index in [2.05, 4.69) is 14.9 Å². The summed E-state index contributed by atoms with van der Waals surface area (Å²) in [7, 11) is 1.39. The monoisotopic (exact) mass is 440 g/mol. The summed E-state index contributed by atoms with van der Waals surface area (Å²) < 4.78 is 10.4. The number of H-pyrrole nitrogens is 1. The number of aromatic amines is 1. The molecular formula is C22H24N4O4S. The normalized spacial score (nSPS) is 14.6. The summed E-state index contributed by atoms with van der Waals surface area (Å²) in [6.07, 6.45) is 0. The number of esters is 1. The number of amides is 1. The lowest BCUT2D eigenvalue weighted by Crippen LogP contribution is -2.35. The van der Waals surface area contributed by atoms with Gasteiger partial charge in [0.1, 0.15) is 5.52 Å². The van der Waals surface area contributed by atoms with Crippen molar-refractivity contribution in [1.82, 2.24) is 14.9 Å². The first kappa shape index (κ1) is 21.4. The Morgan fingerprint density at radius 3 is 2.77 bits per heavy atom. The van der Waals surface area contributed by atoms with Gasteiger partial charge in [-0.15, -0.1) is 0 Å². The number of imidazole rings is 1. The van der Waals surface area contributed by atoms with Crippen molar-refractivity contribution >= 4 is 34.7 Å². The van der Waals surface area contributed by atoms with Crippen LogP contribution in [-0.2, 0) is 21.8 Å². The minimum absolute atomic E-state index is 0.361. The van der Waals surface area contributed by atoms with Gasteiger partial charge in [-0.3, -0.25) is 9.69 Å². The number of fused-ring (bicyclic) bond motifs is 1. The van der Waals surface area contributed by atoms with Crippen molar-refractivity contribution in [2.24, 2.45) is 5.73 Å². The van der Waals surface area contributed by atoms with Gasteiger partial charge >= 0.3 is 5.97 Å². The van der Waals surface area contributed by atoms with Crippen molar-refractivity contribution < 1.29 is 19.1 Å². The molecule has 3 N–H and O–H groups in total. The largest absolute Gasteiger partial charge is 0.465 e. The summed E-state index contributed by atoms with van der Waals surface area (Å²) in [4.78, 5) is 34.1. The lowest BCUT2D eigenvalue weighted by atomic mass is 10.0. The molecule has 3 aromatic rings. The molecular weight excluding hydrogens is 416 g/mol. The summed E-state index contributed by atoms with van der Waals surface area (Å²) in [6.45, 7) is 3.98. The smallest absolute Gasteiger partial charge is 0.338 e. The fourth-order valence-corrected chi connectivity index (χ4v) is 4.47. The maximum Gasteiger partial charge on any atom is 0.338 e. The molecule has 4 rings (SSSR count). The number of benzene rings is 2.